The predicted molar refractivity (Wildman–Crippen MR) is 117 cm³/mol. The summed E-state index contributed by atoms with van der Waals surface area (Å²) in [5.74, 6) is 0.594. The minimum atomic E-state index is -4.08. The van der Waals surface area contributed by atoms with Gasteiger partial charge >= 0.3 is 6.03 Å². The number of sulfonamides is 1. The third-order valence-corrected chi connectivity index (χ3v) is 6.86. The molecule has 4 rings (SSSR count). The van der Waals surface area contributed by atoms with Gasteiger partial charge in [-0.25, -0.2) is 13.2 Å². The maximum absolute atomic E-state index is 13.4. The number of benzene rings is 3. The van der Waals surface area contributed by atoms with E-state index in [1.807, 2.05) is 19.1 Å². The molecule has 3 aromatic carbocycles. The molecule has 6 nitrogen and oxygen atoms in total. The van der Waals surface area contributed by atoms with Gasteiger partial charge in [0, 0.05) is 5.02 Å². The monoisotopic (exact) mass is 442 g/mol. The second-order valence-corrected chi connectivity index (χ2v) is 8.79. The summed E-state index contributed by atoms with van der Waals surface area (Å²) >= 11 is 6.29. The SMILES string of the molecule is CCOc1ccc(N2C(=O)N(Cc3ccccc3Cl)c3ccccc3S2(=O)=O)cc1. The van der Waals surface area contributed by atoms with Crippen molar-refractivity contribution >= 4 is 39.0 Å². The van der Waals surface area contributed by atoms with E-state index in [1.54, 1.807) is 54.6 Å². The maximum Gasteiger partial charge on any atom is 0.343 e. The predicted octanol–water partition coefficient (Wildman–Crippen LogP) is 5.07. The Balaban J connectivity index is 1.82. The highest BCUT2D eigenvalue weighted by atomic mass is 35.5. The molecule has 0 unspecified atom stereocenters. The van der Waals surface area contributed by atoms with Gasteiger partial charge < -0.3 is 4.74 Å². The van der Waals surface area contributed by atoms with Crippen LogP contribution in [0.25, 0.3) is 0 Å². The molecular formula is C22H19ClN2O4S. The summed E-state index contributed by atoms with van der Waals surface area (Å²) in [6, 6.07) is 19.3. The van der Waals surface area contributed by atoms with Gasteiger partial charge in [-0.15, -0.1) is 0 Å². The Morgan fingerprint density at radius 1 is 0.933 bits per heavy atom. The number of carbonyl (C=O) groups is 1. The number of halogens is 1. The van der Waals surface area contributed by atoms with Gasteiger partial charge in [0.1, 0.15) is 10.6 Å². The Hall–Kier alpha value is -3.03. The Labute approximate surface area is 180 Å². The molecule has 0 saturated carbocycles. The first-order valence-corrected chi connectivity index (χ1v) is 11.2. The fourth-order valence-corrected chi connectivity index (χ4v) is 5.14. The van der Waals surface area contributed by atoms with Crippen LogP contribution in [0.3, 0.4) is 0 Å². The highest BCUT2D eigenvalue weighted by molar-refractivity contribution is 7.94. The number of rotatable bonds is 5. The quantitative estimate of drug-likeness (QED) is 0.553. The lowest BCUT2D eigenvalue weighted by molar-refractivity contribution is 0.253. The minimum Gasteiger partial charge on any atom is -0.494 e. The Kier molecular flexibility index (Phi) is 5.40. The second kappa shape index (κ2) is 8.01. The van der Waals surface area contributed by atoms with Crippen molar-refractivity contribution in [3.63, 3.8) is 0 Å². The van der Waals surface area contributed by atoms with E-state index in [1.165, 1.54) is 11.0 Å². The zero-order valence-corrected chi connectivity index (χ0v) is 17.7. The third kappa shape index (κ3) is 3.51. The highest BCUT2D eigenvalue weighted by Gasteiger charge is 2.42. The lowest BCUT2D eigenvalue weighted by Crippen LogP contribution is -2.50. The molecule has 30 heavy (non-hydrogen) atoms. The maximum atomic E-state index is 13.4. The van der Waals surface area contributed by atoms with Gasteiger partial charge in [-0.2, -0.15) is 4.31 Å². The van der Waals surface area contributed by atoms with Gasteiger partial charge in [-0.3, -0.25) is 4.90 Å². The van der Waals surface area contributed by atoms with E-state index in [0.29, 0.717) is 28.6 Å². The molecule has 1 aliphatic rings. The van der Waals surface area contributed by atoms with E-state index in [9.17, 15) is 13.2 Å². The Morgan fingerprint density at radius 2 is 1.60 bits per heavy atom. The highest BCUT2D eigenvalue weighted by Crippen LogP contribution is 2.38. The Bertz CT molecular complexity index is 1200. The molecule has 0 saturated heterocycles. The van der Waals surface area contributed by atoms with E-state index in [-0.39, 0.29) is 17.1 Å². The normalized spacial score (nSPS) is 15.1. The zero-order chi connectivity index (χ0) is 21.3. The van der Waals surface area contributed by atoms with E-state index >= 15 is 0 Å². The van der Waals surface area contributed by atoms with Crippen molar-refractivity contribution in [1.82, 2.24) is 0 Å². The van der Waals surface area contributed by atoms with Crippen LogP contribution in [-0.4, -0.2) is 21.1 Å². The summed E-state index contributed by atoms with van der Waals surface area (Å²) in [7, 11) is -4.08. The zero-order valence-electron chi connectivity index (χ0n) is 16.2. The molecule has 0 radical (unpaired) electrons. The van der Waals surface area contributed by atoms with Gasteiger partial charge in [-0.05, 0) is 55.0 Å². The molecule has 2 amide bonds. The van der Waals surface area contributed by atoms with Crippen molar-refractivity contribution in [1.29, 1.82) is 0 Å². The van der Waals surface area contributed by atoms with Crippen LogP contribution in [0.4, 0.5) is 16.2 Å². The summed E-state index contributed by atoms with van der Waals surface area (Å²) in [5, 5.41) is 0.504. The number of para-hydroxylation sites is 1. The third-order valence-electron chi connectivity index (χ3n) is 4.75. The Morgan fingerprint density at radius 3 is 2.30 bits per heavy atom. The number of ether oxygens (including phenoxy) is 1. The molecule has 0 aromatic heterocycles. The molecule has 1 aliphatic heterocycles. The van der Waals surface area contributed by atoms with Crippen LogP contribution < -0.4 is 13.9 Å². The summed E-state index contributed by atoms with van der Waals surface area (Å²) < 4.78 is 32.9. The largest absolute Gasteiger partial charge is 0.494 e. The van der Waals surface area contributed by atoms with Gasteiger partial charge in [-0.1, -0.05) is 41.9 Å². The number of fused-ring (bicyclic) bond motifs is 1. The van der Waals surface area contributed by atoms with Crippen LogP contribution in [0, 0.1) is 0 Å². The van der Waals surface area contributed by atoms with Crippen molar-refractivity contribution < 1.29 is 17.9 Å². The number of amides is 2. The minimum absolute atomic E-state index is 0.0607. The standard InChI is InChI=1S/C22H19ClN2O4S/c1-2-29-18-13-11-17(12-14-18)25-22(26)24(15-16-7-3-4-8-19(16)23)20-9-5-6-10-21(20)30(25,27)28/h3-14H,2,15H2,1H3. The lowest BCUT2D eigenvalue weighted by Gasteiger charge is -2.36. The first kappa shape index (κ1) is 20.3. The molecule has 0 spiro atoms. The summed E-state index contributed by atoms with van der Waals surface area (Å²) in [6.07, 6.45) is 0. The average Bonchev–Trinajstić information content (AvgIpc) is 2.74. The molecule has 8 heteroatoms. The van der Waals surface area contributed by atoms with Crippen LogP contribution in [0.2, 0.25) is 5.02 Å². The van der Waals surface area contributed by atoms with Crippen LogP contribution in [0.5, 0.6) is 5.75 Å². The lowest BCUT2D eigenvalue weighted by atomic mass is 10.2. The van der Waals surface area contributed by atoms with E-state index in [0.717, 1.165) is 4.31 Å². The van der Waals surface area contributed by atoms with Crippen LogP contribution in [0.1, 0.15) is 12.5 Å². The average molecular weight is 443 g/mol. The smallest absolute Gasteiger partial charge is 0.343 e. The van der Waals surface area contributed by atoms with Crippen molar-refractivity contribution in [3.8, 4) is 5.75 Å². The number of urea groups is 1. The topological polar surface area (TPSA) is 66.9 Å². The summed E-state index contributed by atoms with van der Waals surface area (Å²) in [5.41, 5.74) is 1.28. The van der Waals surface area contributed by atoms with Crippen molar-refractivity contribution in [2.24, 2.45) is 0 Å². The molecule has 0 atom stereocenters. The fraction of sp³-hybridized carbons (Fsp3) is 0.136. The summed E-state index contributed by atoms with van der Waals surface area (Å²) in [4.78, 5) is 14.9. The van der Waals surface area contributed by atoms with Gasteiger partial charge in [0.15, 0.2) is 0 Å². The molecule has 154 valence electrons. The summed E-state index contributed by atoms with van der Waals surface area (Å²) in [6.45, 7) is 2.48. The molecule has 0 N–H and O–H groups in total. The molecule has 0 fully saturated rings. The molecule has 3 aromatic rings. The van der Waals surface area contributed by atoms with Crippen LogP contribution in [0.15, 0.2) is 77.7 Å². The number of anilines is 2. The number of hydrogen-bond donors (Lipinski definition) is 0. The second-order valence-electron chi connectivity index (χ2n) is 6.62. The van der Waals surface area contributed by atoms with Crippen LogP contribution in [-0.2, 0) is 16.6 Å². The van der Waals surface area contributed by atoms with Crippen molar-refractivity contribution in [2.45, 2.75) is 18.4 Å². The van der Waals surface area contributed by atoms with Crippen molar-refractivity contribution in [2.75, 3.05) is 15.8 Å². The first-order chi connectivity index (χ1) is 14.4. The van der Waals surface area contributed by atoms with Crippen molar-refractivity contribution in [3.05, 3.63) is 83.4 Å². The van der Waals surface area contributed by atoms with Gasteiger partial charge in [0.2, 0.25) is 0 Å². The first-order valence-electron chi connectivity index (χ1n) is 9.35. The molecule has 0 bridgehead atoms. The van der Waals surface area contributed by atoms with E-state index in [2.05, 4.69) is 0 Å². The number of carbonyl (C=O) groups excluding carboxylic acids is 1. The van der Waals surface area contributed by atoms with Gasteiger partial charge in [0.25, 0.3) is 10.0 Å². The van der Waals surface area contributed by atoms with Gasteiger partial charge in [0.05, 0.1) is 24.5 Å². The molecule has 1 heterocycles. The molecule has 0 aliphatic carbocycles. The fourth-order valence-electron chi connectivity index (χ4n) is 3.36. The van der Waals surface area contributed by atoms with Crippen LogP contribution >= 0.6 is 11.6 Å². The number of hydrogen-bond acceptors (Lipinski definition) is 4. The molecular weight excluding hydrogens is 424 g/mol. The van der Waals surface area contributed by atoms with E-state index < -0.39 is 16.1 Å². The van der Waals surface area contributed by atoms with E-state index in [4.69, 9.17) is 16.3 Å². The number of nitrogens with zero attached hydrogens (tertiary/aromatic N) is 2.